The van der Waals surface area contributed by atoms with Gasteiger partial charge in [0.05, 0.1) is 43.2 Å². The van der Waals surface area contributed by atoms with Crippen LogP contribution in [0.4, 0.5) is 11.4 Å². The summed E-state index contributed by atoms with van der Waals surface area (Å²) in [5.41, 5.74) is 6.58. The number of nitrogens with one attached hydrogen (secondary N) is 1. The number of nitrogens with zero attached hydrogens (tertiary/aromatic N) is 3. The molecule has 0 radical (unpaired) electrons. The Hall–Kier alpha value is -3.58. The Balaban J connectivity index is 1.69. The minimum Gasteiger partial charge on any atom is -0.497 e. The van der Waals surface area contributed by atoms with Crippen molar-refractivity contribution in [3.8, 4) is 11.5 Å². The van der Waals surface area contributed by atoms with Crippen molar-refractivity contribution in [1.29, 1.82) is 0 Å². The van der Waals surface area contributed by atoms with Gasteiger partial charge in [0.15, 0.2) is 5.11 Å². The lowest BCUT2D eigenvalue weighted by Crippen LogP contribution is -2.42. The Morgan fingerprint density at radius 3 is 2.50 bits per heavy atom. The van der Waals surface area contributed by atoms with E-state index < -0.39 is 0 Å². The zero-order valence-corrected chi connectivity index (χ0v) is 22.4. The smallest absolute Gasteiger partial charge is 0.174 e. The van der Waals surface area contributed by atoms with Gasteiger partial charge in [-0.05, 0) is 80.5 Å². The molecule has 1 aromatic heterocycles. The number of methoxy groups -OCH3 is 2. The van der Waals surface area contributed by atoms with Crippen LogP contribution in [0.25, 0.3) is 5.57 Å². The fourth-order valence-corrected chi connectivity index (χ4v) is 5.64. The predicted octanol–water partition coefficient (Wildman–Crippen LogP) is 5.91. The molecule has 0 bridgehead atoms. The zero-order valence-electron chi connectivity index (χ0n) is 21.6. The molecule has 0 aliphatic carbocycles. The molecular formula is C29H32N4O2S. The summed E-state index contributed by atoms with van der Waals surface area (Å²) in [6.45, 7) is 6.66. The van der Waals surface area contributed by atoms with Crippen molar-refractivity contribution in [2.75, 3.05) is 31.1 Å². The Morgan fingerprint density at radius 1 is 1.00 bits per heavy atom. The molecule has 6 nitrogen and oxygen atoms in total. The minimum atomic E-state index is -0.147. The van der Waals surface area contributed by atoms with Crippen LogP contribution in [-0.2, 0) is 0 Å². The molecule has 36 heavy (non-hydrogen) atoms. The molecule has 3 aromatic rings. The number of pyridine rings is 1. The van der Waals surface area contributed by atoms with Gasteiger partial charge in [-0.2, -0.15) is 0 Å². The van der Waals surface area contributed by atoms with Crippen LogP contribution in [0.2, 0.25) is 0 Å². The lowest BCUT2D eigenvalue weighted by atomic mass is 9.86. The number of benzene rings is 2. The van der Waals surface area contributed by atoms with Crippen molar-refractivity contribution >= 4 is 34.3 Å². The molecule has 0 unspecified atom stereocenters. The summed E-state index contributed by atoms with van der Waals surface area (Å²) < 4.78 is 11.3. The Morgan fingerprint density at radius 2 is 1.81 bits per heavy atom. The molecule has 2 aliphatic heterocycles. The van der Waals surface area contributed by atoms with Crippen LogP contribution in [0.15, 0.2) is 66.9 Å². The van der Waals surface area contributed by atoms with E-state index in [1.165, 1.54) is 16.8 Å². The van der Waals surface area contributed by atoms with Gasteiger partial charge in [-0.15, -0.1) is 0 Å². The van der Waals surface area contributed by atoms with E-state index in [1.54, 1.807) is 14.2 Å². The highest BCUT2D eigenvalue weighted by Crippen LogP contribution is 2.47. The lowest BCUT2D eigenvalue weighted by molar-refractivity contribution is 0.403. The highest BCUT2D eigenvalue weighted by molar-refractivity contribution is 7.80. The van der Waals surface area contributed by atoms with Crippen LogP contribution in [0.1, 0.15) is 49.7 Å². The molecule has 5 rings (SSSR count). The number of hydrogen-bond donors (Lipinski definition) is 1. The van der Waals surface area contributed by atoms with Gasteiger partial charge in [-0.3, -0.25) is 4.98 Å². The first-order chi connectivity index (χ1) is 17.2. The molecule has 1 saturated heterocycles. The standard InChI is InChI=1S/C29H32N4O2S/c1-18-17-29(2,3)32(4)23-12-10-19(15-21(18)23)27-26(22-9-7-8-14-30-22)31-28(36)33(27)24-16-20(34-5)11-13-25(24)35-6/h7-17,26-27H,1-6H3,(H,31,36)/t26-,27-/m1/s1. The second-order valence-electron chi connectivity index (χ2n) is 9.85. The maximum Gasteiger partial charge on any atom is 0.174 e. The molecule has 1 N–H and O–H groups in total. The fourth-order valence-electron chi connectivity index (χ4n) is 5.30. The van der Waals surface area contributed by atoms with Gasteiger partial charge in [-0.1, -0.05) is 18.2 Å². The number of aromatic nitrogens is 1. The summed E-state index contributed by atoms with van der Waals surface area (Å²) in [6.07, 6.45) is 4.15. The van der Waals surface area contributed by atoms with Gasteiger partial charge in [-0.25, -0.2) is 0 Å². The van der Waals surface area contributed by atoms with E-state index in [9.17, 15) is 0 Å². The SMILES string of the molecule is COc1ccc(OC)c(N2C(=S)N[C@H](c3ccccn3)[C@H]2c2ccc3c(c2)C(C)=CC(C)(C)N3C)c1. The van der Waals surface area contributed by atoms with E-state index in [4.69, 9.17) is 21.7 Å². The second kappa shape index (κ2) is 9.13. The van der Waals surface area contributed by atoms with E-state index in [-0.39, 0.29) is 17.6 Å². The maximum absolute atomic E-state index is 5.93. The third-order valence-corrected chi connectivity index (χ3v) is 7.64. The molecule has 3 heterocycles. The molecular weight excluding hydrogens is 468 g/mol. The number of rotatable bonds is 5. The van der Waals surface area contributed by atoms with Gasteiger partial charge in [0.2, 0.25) is 0 Å². The molecule has 186 valence electrons. The van der Waals surface area contributed by atoms with E-state index >= 15 is 0 Å². The van der Waals surface area contributed by atoms with Crippen LogP contribution in [0.3, 0.4) is 0 Å². The summed E-state index contributed by atoms with van der Waals surface area (Å²) in [7, 11) is 5.49. The van der Waals surface area contributed by atoms with Crippen LogP contribution in [0.5, 0.6) is 11.5 Å². The van der Waals surface area contributed by atoms with Gasteiger partial charge in [0, 0.05) is 30.6 Å². The van der Waals surface area contributed by atoms with E-state index in [0.717, 1.165) is 28.4 Å². The van der Waals surface area contributed by atoms with Crippen LogP contribution >= 0.6 is 12.2 Å². The Kier molecular flexibility index (Phi) is 6.12. The zero-order chi connectivity index (χ0) is 25.6. The highest BCUT2D eigenvalue weighted by Gasteiger charge is 2.42. The fraction of sp³-hybridized carbons (Fsp3) is 0.310. The van der Waals surface area contributed by atoms with Gasteiger partial charge >= 0.3 is 0 Å². The third kappa shape index (κ3) is 3.97. The molecule has 2 aromatic carbocycles. The molecule has 2 aliphatic rings. The molecule has 0 amide bonds. The molecule has 0 spiro atoms. The average molecular weight is 501 g/mol. The maximum atomic E-state index is 5.93. The van der Waals surface area contributed by atoms with E-state index in [1.807, 2.05) is 42.6 Å². The largest absolute Gasteiger partial charge is 0.497 e. The normalized spacial score (nSPS) is 20.5. The van der Waals surface area contributed by atoms with Crippen molar-refractivity contribution in [2.24, 2.45) is 0 Å². The van der Waals surface area contributed by atoms with Crippen LogP contribution in [0, 0.1) is 0 Å². The molecule has 0 saturated carbocycles. The van der Waals surface area contributed by atoms with Crippen LogP contribution in [-0.4, -0.2) is 36.9 Å². The first-order valence-corrected chi connectivity index (χ1v) is 12.5. The third-order valence-electron chi connectivity index (χ3n) is 7.33. The van der Waals surface area contributed by atoms with Crippen molar-refractivity contribution < 1.29 is 9.47 Å². The van der Waals surface area contributed by atoms with Gasteiger partial charge < -0.3 is 24.6 Å². The number of ether oxygens (including phenoxy) is 2. The topological polar surface area (TPSA) is 49.9 Å². The number of hydrogen-bond acceptors (Lipinski definition) is 5. The van der Waals surface area contributed by atoms with E-state index in [0.29, 0.717) is 5.11 Å². The molecule has 7 heteroatoms. The number of allylic oxidation sites excluding steroid dienone is 1. The highest BCUT2D eigenvalue weighted by atomic mass is 32.1. The Labute approximate surface area is 218 Å². The molecule has 1 fully saturated rings. The van der Waals surface area contributed by atoms with Crippen molar-refractivity contribution in [2.45, 2.75) is 38.4 Å². The van der Waals surface area contributed by atoms with Gasteiger partial charge in [0.25, 0.3) is 0 Å². The van der Waals surface area contributed by atoms with Crippen LogP contribution < -0.4 is 24.6 Å². The second-order valence-corrected chi connectivity index (χ2v) is 10.2. The van der Waals surface area contributed by atoms with Crippen molar-refractivity contribution in [3.05, 3.63) is 83.7 Å². The molecule has 2 atom stereocenters. The van der Waals surface area contributed by atoms with Crippen molar-refractivity contribution in [3.63, 3.8) is 0 Å². The summed E-state index contributed by atoms with van der Waals surface area (Å²) in [4.78, 5) is 9.15. The number of likely N-dealkylation sites (N-methyl/N-ethyl adjacent to an activating group) is 1. The minimum absolute atomic E-state index is 0.0500. The lowest BCUT2D eigenvalue weighted by Gasteiger charge is -2.41. The predicted molar refractivity (Wildman–Crippen MR) is 150 cm³/mol. The number of thiocarbonyl (C=S) groups is 1. The first-order valence-electron chi connectivity index (χ1n) is 12.1. The summed E-state index contributed by atoms with van der Waals surface area (Å²) >= 11 is 5.93. The summed E-state index contributed by atoms with van der Waals surface area (Å²) in [5.74, 6) is 1.46. The summed E-state index contributed by atoms with van der Waals surface area (Å²) in [6, 6.07) is 18.2. The van der Waals surface area contributed by atoms with Gasteiger partial charge in [0.1, 0.15) is 11.5 Å². The Bertz CT molecular complexity index is 1340. The number of fused-ring (bicyclic) bond motifs is 1. The van der Waals surface area contributed by atoms with Crippen molar-refractivity contribution in [1.82, 2.24) is 10.3 Å². The number of anilines is 2. The average Bonchev–Trinajstić information content (AvgIpc) is 3.23. The first kappa shape index (κ1) is 24.1. The monoisotopic (exact) mass is 500 g/mol. The summed E-state index contributed by atoms with van der Waals surface area (Å²) in [5, 5.41) is 4.16. The quantitative estimate of drug-likeness (QED) is 0.437. The van der Waals surface area contributed by atoms with E-state index in [2.05, 4.69) is 72.2 Å².